The summed E-state index contributed by atoms with van der Waals surface area (Å²) in [7, 11) is 0. The molecule has 3 aromatic heterocycles. The van der Waals surface area contributed by atoms with E-state index in [1.165, 1.54) is 49.9 Å². The van der Waals surface area contributed by atoms with E-state index in [1.807, 2.05) is 6.20 Å². The second-order valence-corrected chi connectivity index (χ2v) is 22.0. The fraction of sp³-hybridized carbons (Fsp3) is 0.242. The number of rotatable bonds is 12. The van der Waals surface area contributed by atoms with E-state index in [4.69, 9.17) is 9.72 Å². The summed E-state index contributed by atoms with van der Waals surface area (Å²) in [6.07, 6.45) is 9.91. The number of hydrogen-bond donors (Lipinski definition) is 0. The smallest absolute Gasteiger partial charge is 0.268 e. The third kappa shape index (κ3) is 8.99. The van der Waals surface area contributed by atoms with Gasteiger partial charge in [0.2, 0.25) is 0 Å². The standard InChI is InChI=1S/C66H66N4O/c1-44(2)56-26-20-27-57(45(3)4)63(56)46-35-52(68-33-34-69(43-68)53-38-50(64(5,6)7)37-51(39-53)66(10,11)48-23-16-13-17-24-48)41-55(36-46)71-54-29-30-59-58-25-18-19-28-60(58)70(61(59)42-54)62-40-49(31-32-67-62)65(8,9)47-21-14-12-15-22-47/h12-42,44-45H,1-11H3. The Morgan fingerprint density at radius 1 is 0.521 bits per heavy atom. The van der Waals surface area contributed by atoms with Gasteiger partial charge in [0.25, 0.3) is 6.33 Å². The first-order chi connectivity index (χ1) is 34.0. The van der Waals surface area contributed by atoms with Crippen molar-refractivity contribution in [3.8, 4) is 39.8 Å². The number of fused-ring (bicyclic) bond motifs is 3. The third-order valence-corrected chi connectivity index (χ3v) is 14.8. The summed E-state index contributed by atoms with van der Waals surface area (Å²) < 4.78 is 13.6. The van der Waals surface area contributed by atoms with Crippen LogP contribution in [0, 0.1) is 6.33 Å². The van der Waals surface area contributed by atoms with E-state index >= 15 is 0 Å². The van der Waals surface area contributed by atoms with Gasteiger partial charge in [0.1, 0.15) is 17.3 Å². The van der Waals surface area contributed by atoms with E-state index in [2.05, 4.69) is 278 Å². The summed E-state index contributed by atoms with van der Waals surface area (Å²) in [5, 5.41) is 2.31. The zero-order valence-electron chi connectivity index (χ0n) is 43.2. The number of pyridine rings is 1. The molecule has 0 N–H and O–H groups in total. The Balaban J connectivity index is 1.11. The summed E-state index contributed by atoms with van der Waals surface area (Å²) in [4.78, 5) is 5.02. The normalized spacial score (nSPS) is 12.4. The molecule has 5 nitrogen and oxygen atoms in total. The molecule has 0 atom stereocenters. The van der Waals surface area contributed by atoms with Crippen LogP contribution in [0.15, 0.2) is 188 Å². The average Bonchev–Trinajstić information content (AvgIpc) is 4.00. The molecular formula is C66H66N4O. The van der Waals surface area contributed by atoms with Crippen LogP contribution in [-0.4, -0.2) is 14.1 Å². The molecule has 10 rings (SSSR count). The molecule has 0 bridgehead atoms. The Bertz CT molecular complexity index is 3520. The first-order valence-electron chi connectivity index (χ1n) is 25.2. The van der Waals surface area contributed by atoms with Crippen LogP contribution in [0.1, 0.15) is 127 Å². The lowest BCUT2D eigenvalue weighted by molar-refractivity contribution is -0.599. The van der Waals surface area contributed by atoms with Crippen LogP contribution in [0.2, 0.25) is 0 Å². The van der Waals surface area contributed by atoms with Gasteiger partial charge in [-0.25, -0.2) is 4.98 Å². The molecule has 0 saturated heterocycles. The van der Waals surface area contributed by atoms with Gasteiger partial charge in [-0.3, -0.25) is 13.7 Å². The minimum Gasteiger partial charge on any atom is -0.458 e. The molecule has 10 aromatic rings. The van der Waals surface area contributed by atoms with E-state index in [1.54, 1.807) is 0 Å². The Morgan fingerprint density at radius 3 is 1.80 bits per heavy atom. The van der Waals surface area contributed by atoms with Crippen LogP contribution in [0.5, 0.6) is 11.5 Å². The average molecular weight is 931 g/mol. The highest BCUT2D eigenvalue weighted by Crippen LogP contribution is 2.42. The van der Waals surface area contributed by atoms with E-state index < -0.39 is 0 Å². The Hall–Kier alpha value is -7.50. The molecule has 7 aromatic carbocycles. The maximum Gasteiger partial charge on any atom is 0.268 e. The topological polar surface area (TPSA) is 35.9 Å². The zero-order chi connectivity index (χ0) is 49.8. The Morgan fingerprint density at radius 2 is 1.14 bits per heavy atom. The molecule has 0 saturated carbocycles. The minimum absolute atomic E-state index is 0.0592. The maximum absolute atomic E-state index is 7.11. The highest BCUT2D eigenvalue weighted by atomic mass is 16.5. The second kappa shape index (κ2) is 18.4. The Labute approximate surface area is 421 Å². The summed E-state index contributed by atoms with van der Waals surface area (Å²) in [6.45, 7) is 25.2. The summed E-state index contributed by atoms with van der Waals surface area (Å²) in [6, 6.07) is 61.4. The van der Waals surface area contributed by atoms with Crippen molar-refractivity contribution in [2.45, 2.75) is 104 Å². The van der Waals surface area contributed by atoms with Gasteiger partial charge < -0.3 is 4.74 Å². The van der Waals surface area contributed by atoms with Crippen molar-refractivity contribution in [1.82, 2.24) is 14.1 Å². The van der Waals surface area contributed by atoms with Crippen molar-refractivity contribution in [2.75, 3.05) is 0 Å². The van der Waals surface area contributed by atoms with E-state index in [9.17, 15) is 0 Å². The number of benzene rings is 7. The summed E-state index contributed by atoms with van der Waals surface area (Å²) in [5.74, 6) is 2.98. The highest BCUT2D eigenvalue weighted by Gasteiger charge is 2.28. The monoisotopic (exact) mass is 931 g/mol. The van der Waals surface area contributed by atoms with Crippen LogP contribution in [0.4, 0.5) is 0 Å². The lowest BCUT2D eigenvalue weighted by atomic mass is 9.75. The number of para-hydroxylation sites is 1. The number of aromatic nitrogens is 4. The van der Waals surface area contributed by atoms with Crippen molar-refractivity contribution >= 4 is 21.8 Å². The zero-order valence-corrected chi connectivity index (χ0v) is 43.2. The minimum atomic E-state index is -0.229. The van der Waals surface area contributed by atoms with Gasteiger partial charge in [-0.15, -0.1) is 0 Å². The highest BCUT2D eigenvalue weighted by molar-refractivity contribution is 6.09. The van der Waals surface area contributed by atoms with Gasteiger partial charge in [0.05, 0.1) is 22.4 Å². The van der Waals surface area contributed by atoms with Crippen molar-refractivity contribution < 1.29 is 9.30 Å². The van der Waals surface area contributed by atoms with Crippen molar-refractivity contribution in [3.05, 3.63) is 234 Å². The molecule has 5 heteroatoms. The fourth-order valence-corrected chi connectivity index (χ4v) is 10.3. The van der Waals surface area contributed by atoms with Crippen LogP contribution < -0.4 is 9.30 Å². The molecule has 0 amide bonds. The maximum atomic E-state index is 7.11. The second-order valence-electron chi connectivity index (χ2n) is 22.0. The predicted molar refractivity (Wildman–Crippen MR) is 294 cm³/mol. The van der Waals surface area contributed by atoms with Crippen LogP contribution in [0.3, 0.4) is 0 Å². The quantitative estimate of drug-likeness (QED) is 0.0904. The molecule has 0 aliphatic heterocycles. The first-order valence-corrected chi connectivity index (χ1v) is 25.2. The van der Waals surface area contributed by atoms with E-state index in [-0.39, 0.29) is 16.2 Å². The molecule has 0 aliphatic rings. The largest absolute Gasteiger partial charge is 0.458 e. The molecule has 3 heterocycles. The molecule has 71 heavy (non-hydrogen) atoms. The molecule has 0 aliphatic carbocycles. The fourth-order valence-electron chi connectivity index (χ4n) is 10.3. The lowest BCUT2D eigenvalue weighted by Gasteiger charge is -2.30. The van der Waals surface area contributed by atoms with Crippen LogP contribution in [-0.2, 0) is 16.2 Å². The van der Waals surface area contributed by atoms with Gasteiger partial charge >= 0.3 is 0 Å². The SMILES string of the molecule is CC(C)c1cccc(C(C)C)c1-c1cc(Oc2ccc3c4ccccc4n(-c4cc(C(C)(C)c5ccccc5)ccn4)c3c2)cc(-n2[c-][n+](-c3cc(C(C)(C)C)cc(C(C)(C)c4ccccc4)c3)cc2)c1. The number of ether oxygens (including phenoxy) is 1. The van der Waals surface area contributed by atoms with Crippen LogP contribution >= 0.6 is 0 Å². The molecule has 0 radical (unpaired) electrons. The van der Waals surface area contributed by atoms with E-state index in [0.717, 1.165) is 50.7 Å². The van der Waals surface area contributed by atoms with Crippen molar-refractivity contribution in [3.63, 3.8) is 0 Å². The number of nitrogens with zero attached hydrogens (tertiary/aromatic N) is 4. The summed E-state index contributed by atoms with van der Waals surface area (Å²) >= 11 is 0. The van der Waals surface area contributed by atoms with Gasteiger partial charge in [-0.05, 0) is 128 Å². The van der Waals surface area contributed by atoms with Gasteiger partial charge in [0, 0.05) is 46.3 Å². The molecule has 0 unspecified atom stereocenters. The third-order valence-electron chi connectivity index (χ3n) is 14.8. The van der Waals surface area contributed by atoms with Gasteiger partial charge in [-0.1, -0.05) is 179 Å². The molecule has 356 valence electrons. The van der Waals surface area contributed by atoms with E-state index in [0.29, 0.717) is 11.8 Å². The molecular weight excluding hydrogens is 865 g/mol. The molecule has 0 spiro atoms. The van der Waals surface area contributed by atoms with Gasteiger partial charge in [0.15, 0.2) is 0 Å². The lowest BCUT2D eigenvalue weighted by Crippen LogP contribution is -2.31. The first kappa shape index (κ1) is 47.2. The Kier molecular flexibility index (Phi) is 12.2. The number of hydrogen-bond acceptors (Lipinski definition) is 2. The van der Waals surface area contributed by atoms with Crippen molar-refractivity contribution in [1.29, 1.82) is 0 Å². The van der Waals surface area contributed by atoms with Crippen LogP contribution in [0.25, 0.3) is 50.1 Å². The van der Waals surface area contributed by atoms with Crippen molar-refractivity contribution in [2.24, 2.45) is 0 Å². The number of imidazole rings is 1. The predicted octanol–water partition coefficient (Wildman–Crippen LogP) is 16.7. The van der Waals surface area contributed by atoms with Gasteiger partial charge in [-0.2, -0.15) is 0 Å². The summed E-state index contributed by atoms with van der Waals surface area (Å²) in [5.41, 5.74) is 14.9. The molecule has 0 fully saturated rings.